The molecule has 1 aliphatic rings. The summed E-state index contributed by atoms with van der Waals surface area (Å²) in [7, 11) is -2.01. The van der Waals surface area contributed by atoms with E-state index >= 15 is 0 Å². The molecule has 3 aromatic carbocycles. The first-order chi connectivity index (χ1) is 21.1. The molecule has 9 nitrogen and oxygen atoms in total. The van der Waals surface area contributed by atoms with Gasteiger partial charge in [-0.1, -0.05) is 85.8 Å². The van der Waals surface area contributed by atoms with Crippen molar-refractivity contribution in [2.75, 3.05) is 46.4 Å². The molecule has 1 fully saturated rings. The molecule has 2 N–H and O–H groups in total. The predicted octanol–water partition coefficient (Wildman–Crippen LogP) is 4.11. The molecule has 1 aliphatic heterocycles. The Bertz CT molecular complexity index is 1400. The van der Waals surface area contributed by atoms with E-state index in [1.807, 2.05) is 48.5 Å². The average Bonchev–Trinajstić information content (AvgIpc) is 3.06. The Hall–Kier alpha value is -3.28. The summed E-state index contributed by atoms with van der Waals surface area (Å²) >= 11 is 0. The van der Waals surface area contributed by atoms with Crippen molar-refractivity contribution in [1.82, 2.24) is 14.1 Å². The molecule has 44 heavy (non-hydrogen) atoms. The Labute approximate surface area is 261 Å². The number of ether oxygens (including phenoxy) is 1. The molecule has 2 atom stereocenters. The number of hydrogen-bond donors (Lipinski definition) is 2. The molecule has 0 aliphatic carbocycles. The third-order valence-electron chi connectivity index (χ3n) is 8.53. The second-order valence-electron chi connectivity index (χ2n) is 11.9. The molecular formula is C34H45N3O6S. The summed E-state index contributed by atoms with van der Waals surface area (Å²) in [6.07, 6.45) is 0.584. The summed E-state index contributed by atoms with van der Waals surface area (Å²) in [6, 6.07) is 27.9. The van der Waals surface area contributed by atoms with Gasteiger partial charge in [-0.3, -0.25) is 0 Å². The molecule has 4 rings (SSSR count). The van der Waals surface area contributed by atoms with E-state index in [0.29, 0.717) is 19.4 Å². The summed E-state index contributed by atoms with van der Waals surface area (Å²) in [4.78, 5) is 17.3. The van der Waals surface area contributed by atoms with Gasteiger partial charge in [-0.2, -0.15) is 0 Å². The number of sulfonamides is 1. The molecule has 0 saturated carbocycles. The molecule has 1 saturated heterocycles. The van der Waals surface area contributed by atoms with Crippen molar-refractivity contribution in [3.05, 3.63) is 102 Å². The van der Waals surface area contributed by atoms with E-state index in [9.17, 15) is 23.4 Å². The number of hydrogen-bond acceptors (Lipinski definition) is 7. The Morgan fingerprint density at radius 1 is 0.977 bits per heavy atom. The monoisotopic (exact) mass is 623 g/mol. The molecule has 2 unspecified atom stereocenters. The van der Waals surface area contributed by atoms with Gasteiger partial charge in [-0.15, -0.1) is 0 Å². The van der Waals surface area contributed by atoms with Crippen molar-refractivity contribution < 1.29 is 28.2 Å². The van der Waals surface area contributed by atoms with Crippen molar-refractivity contribution in [3.8, 4) is 0 Å². The fraction of sp³-hybridized carbons (Fsp3) is 0.441. The molecule has 0 radical (unpaired) electrons. The number of benzene rings is 3. The minimum atomic E-state index is -3.65. The van der Waals surface area contributed by atoms with Gasteiger partial charge < -0.3 is 24.7 Å². The lowest BCUT2D eigenvalue weighted by Crippen LogP contribution is -2.51. The van der Waals surface area contributed by atoms with Crippen molar-refractivity contribution in [3.63, 3.8) is 0 Å². The third-order valence-corrected chi connectivity index (χ3v) is 10.3. The Morgan fingerprint density at radius 3 is 2.14 bits per heavy atom. The SMILES string of the molecule is CN(CC(C)(CCN1CCC(N(CC(O)CO)C(=O)OCc2ccccc2)CC1)c1ccccc1)S(=O)(=O)c1ccccc1. The number of aliphatic hydroxyl groups is 2. The molecule has 10 heteroatoms. The Kier molecular flexibility index (Phi) is 11.9. The quantitative estimate of drug-likeness (QED) is 0.278. The zero-order chi connectivity index (χ0) is 31.6. The number of aliphatic hydroxyl groups excluding tert-OH is 2. The highest BCUT2D eigenvalue weighted by molar-refractivity contribution is 7.89. The lowest BCUT2D eigenvalue weighted by atomic mass is 9.79. The second-order valence-corrected chi connectivity index (χ2v) is 13.9. The van der Waals surface area contributed by atoms with Crippen molar-refractivity contribution >= 4 is 16.1 Å². The van der Waals surface area contributed by atoms with Gasteiger partial charge in [0.15, 0.2) is 0 Å². The fourth-order valence-electron chi connectivity index (χ4n) is 5.82. The third kappa shape index (κ3) is 8.89. The minimum Gasteiger partial charge on any atom is -0.445 e. The average molecular weight is 624 g/mol. The second kappa shape index (κ2) is 15.6. The highest BCUT2D eigenvalue weighted by Gasteiger charge is 2.35. The number of amides is 1. The van der Waals surface area contributed by atoms with E-state index in [0.717, 1.165) is 37.2 Å². The van der Waals surface area contributed by atoms with E-state index in [1.54, 1.807) is 42.3 Å². The van der Waals surface area contributed by atoms with Gasteiger partial charge in [0.1, 0.15) is 6.61 Å². The van der Waals surface area contributed by atoms with Crippen LogP contribution in [0.5, 0.6) is 0 Å². The topological polar surface area (TPSA) is 111 Å². The molecule has 238 valence electrons. The maximum absolute atomic E-state index is 13.4. The number of nitrogens with zero attached hydrogens (tertiary/aromatic N) is 3. The molecule has 0 spiro atoms. The van der Waals surface area contributed by atoms with Gasteiger partial charge in [0, 0.05) is 38.1 Å². The number of carbonyl (C=O) groups is 1. The van der Waals surface area contributed by atoms with E-state index in [2.05, 4.69) is 24.0 Å². The van der Waals surface area contributed by atoms with Gasteiger partial charge in [-0.05, 0) is 49.1 Å². The van der Waals surface area contributed by atoms with Gasteiger partial charge in [-0.25, -0.2) is 17.5 Å². The Morgan fingerprint density at radius 2 is 1.55 bits per heavy atom. The maximum atomic E-state index is 13.4. The molecule has 1 amide bonds. The van der Waals surface area contributed by atoms with Crippen LogP contribution in [0.25, 0.3) is 0 Å². The minimum absolute atomic E-state index is 0.00307. The zero-order valence-electron chi connectivity index (χ0n) is 25.7. The first-order valence-electron chi connectivity index (χ1n) is 15.2. The lowest BCUT2D eigenvalue weighted by molar-refractivity contribution is 0.0176. The molecule has 0 aromatic heterocycles. The highest BCUT2D eigenvalue weighted by atomic mass is 32.2. The van der Waals surface area contributed by atoms with Gasteiger partial charge in [0.25, 0.3) is 0 Å². The summed E-state index contributed by atoms with van der Waals surface area (Å²) in [5.41, 5.74) is 1.52. The largest absolute Gasteiger partial charge is 0.445 e. The van der Waals surface area contributed by atoms with Gasteiger partial charge in [0.05, 0.1) is 24.2 Å². The van der Waals surface area contributed by atoms with Crippen molar-refractivity contribution in [2.45, 2.75) is 55.2 Å². The van der Waals surface area contributed by atoms with Gasteiger partial charge in [0.2, 0.25) is 10.0 Å². The summed E-state index contributed by atoms with van der Waals surface area (Å²) in [5.74, 6) is 0. The van der Waals surface area contributed by atoms with Gasteiger partial charge >= 0.3 is 6.09 Å². The summed E-state index contributed by atoms with van der Waals surface area (Å²) < 4.78 is 33.8. The number of piperidine rings is 1. The maximum Gasteiger partial charge on any atom is 0.410 e. The molecule has 1 heterocycles. The number of likely N-dealkylation sites (tertiary alicyclic amines) is 1. The van der Waals surface area contributed by atoms with Crippen LogP contribution in [0.3, 0.4) is 0 Å². The standard InChI is InChI=1S/C34H45N3O6S/c1-34(29-14-8-4-9-15-29,27-35(2)44(41,42)32-16-10-5-11-17-32)20-23-36-21-18-30(19-22-36)37(24-31(39)25-38)33(40)43-26-28-12-6-3-7-13-28/h3-17,30-31,38-39H,18-27H2,1-2H3. The van der Waals surface area contributed by atoms with Crippen LogP contribution >= 0.6 is 0 Å². The predicted molar refractivity (Wildman–Crippen MR) is 171 cm³/mol. The van der Waals surface area contributed by atoms with E-state index in [1.165, 1.54) is 4.31 Å². The first kappa shape index (κ1) is 33.6. The highest BCUT2D eigenvalue weighted by Crippen LogP contribution is 2.31. The van der Waals surface area contributed by atoms with Crippen molar-refractivity contribution in [2.24, 2.45) is 0 Å². The van der Waals surface area contributed by atoms with Crippen LogP contribution in [-0.2, 0) is 26.8 Å². The van der Waals surface area contributed by atoms with Crippen LogP contribution in [0.2, 0.25) is 0 Å². The normalized spacial score (nSPS) is 16.8. The fourth-order valence-corrected chi connectivity index (χ4v) is 7.14. The molecule has 3 aromatic rings. The number of carbonyl (C=O) groups excluding carboxylic acids is 1. The van der Waals surface area contributed by atoms with Crippen LogP contribution in [-0.4, -0.2) is 97.4 Å². The van der Waals surface area contributed by atoms with Crippen LogP contribution in [0.4, 0.5) is 4.79 Å². The molecule has 0 bridgehead atoms. The van der Waals surface area contributed by atoms with Crippen molar-refractivity contribution in [1.29, 1.82) is 0 Å². The Balaban J connectivity index is 1.39. The van der Waals surface area contributed by atoms with Crippen LogP contribution < -0.4 is 0 Å². The van der Waals surface area contributed by atoms with Crippen LogP contribution in [0.1, 0.15) is 37.3 Å². The number of rotatable bonds is 14. The molecular weight excluding hydrogens is 578 g/mol. The van der Waals surface area contributed by atoms with E-state index in [-0.39, 0.29) is 24.1 Å². The van der Waals surface area contributed by atoms with Crippen LogP contribution in [0.15, 0.2) is 95.9 Å². The zero-order valence-corrected chi connectivity index (χ0v) is 26.5. The summed E-state index contributed by atoms with van der Waals surface area (Å²) in [6.45, 7) is 4.39. The lowest BCUT2D eigenvalue weighted by Gasteiger charge is -2.40. The van der Waals surface area contributed by atoms with E-state index in [4.69, 9.17) is 4.74 Å². The van der Waals surface area contributed by atoms with Crippen LogP contribution in [0, 0.1) is 0 Å². The summed E-state index contributed by atoms with van der Waals surface area (Å²) in [5, 5.41) is 19.6. The number of likely N-dealkylation sites (N-methyl/N-ethyl adjacent to an activating group) is 1. The van der Waals surface area contributed by atoms with E-state index < -0.39 is 34.2 Å². The first-order valence-corrected chi connectivity index (χ1v) is 16.6. The smallest absolute Gasteiger partial charge is 0.410 e.